The van der Waals surface area contributed by atoms with Crippen LogP contribution in [0.1, 0.15) is 47.2 Å². The van der Waals surface area contributed by atoms with Gasteiger partial charge in [-0.2, -0.15) is 0 Å². The van der Waals surface area contributed by atoms with Crippen molar-refractivity contribution in [3.63, 3.8) is 0 Å². The van der Waals surface area contributed by atoms with Gasteiger partial charge in [-0.05, 0) is 62.8 Å². The number of piperidine rings is 2. The van der Waals surface area contributed by atoms with E-state index in [-0.39, 0.29) is 5.91 Å². The van der Waals surface area contributed by atoms with Gasteiger partial charge in [-0.3, -0.25) is 4.79 Å². The minimum absolute atomic E-state index is 0.189. The molecule has 1 aromatic rings. The molecule has 24 heavy (non-hydrogen) atoms. The first kappa shape index (κ1) is 17.4. The van der Waals surface area contributed by atoms with E-state index in [0.717, 1.165) is 57.4 Å². The van der Waals surface area contributed by atoms with Crippen LogP contribution in [0.3, 0.4) is 0 Å². The maximum atomic E-state index is 12.7. The Hall–Kier alpha value is -1.39. The molecular weight excluding hydrogens is 300 g/mol. The summed E-state index contributed by atoms with van der Waals surface area (Å²) in [5.74, 6) is 0.189. The fraction of sp³-hybridized carbons (Fsp3) is 0.650. The average molecular weight is 330 g/mol. The van der Waals surface area contributed by atoms with E-state index in [1.54, 1.807) is 0 Å². The Morgan fingerprint density at radius 3 is 2.25 bits per heavy atom. The lowest BCUT2D eigenvalue weighted by atomic mass is 9.98. The molecule has 2 aliphatic rings. The van der Waals surface area contributed by atoms with E-state index in [9.17, 15) is 4.79 Å². The first-order valence-corrected chi connectivity index (χ1v) is 9.22. The van der Waals surface area contributed by atoms with Gasteiger partial charge in [0.25, 0.3) is 5.91 Å². The summed E-state index contributed by atoms with van der Waals surface area (Å²) in [7, 11) is 1.82. The van der Waals surface area contributed by atoms with Gasteiger partial charge in [-0.1, -0.05) is 6.07 Å². The highest BCUT2D eigenvalue weighted by atomic mass is 16.5. The number of carbonyl (C=O) groups excluding carboxylic acids is 1. The molecular formula is C20H30N2O2. The van der Waals surface area contributed by atoms with Crippen LogP contribution in [-0.4, -0.2) is 61.1 Å². The first-order chi connectivity index (χ1) is 11.6. The van der Waals surface area contributed by atoms with Crippen LogP contribution in [0.5, 0.6) is 0 Å². The van der Waals surface area contributed by atoms with Crippen LogP contribution in [0.15, 0.2) is 18.2 Å². The van der Waals surface area contributed by atoms with Crippen molar-refractivity contribution in [1.82, 2.24) is 9.80 Å². The third-order valence-corrected chi connectivity index (χ3v) is 5.83. The molecule has 2 aliphatic heterocycles. The van der Waals surface area contributed by atoms with Crippen LogP contribution in [0, 0.1) is 13.8 Å². The number of rotatable bonds is 3. The molecule has 0 bridgehead atoms. The summed E-state index contributed by atoms with van der Waals surface area (Å²) in [6, 6.07) is 6.67. The summed E-state index contributed by atoms with van der Waals surface area (Å²) in [5.41, 5.74) is 3.26. The standard InChI is InChI=1S/C20H30N2O2/c1-15-4-5-17(14-16(15)2)20(23)22-10-6-18(7-11-22)21-12-8-19(24-3)9-13-21/h4-5,14,18-19H,6-13H2,1-3H3. The van der Waals surface area contributed by atoms with Crippen LogP contribution < -0.4 is 0 Å². The SMILES string of the molecule is COC1CCN(C2CCN(C(=O)c3ccc(C)c(C)c3)CC2)CC1. The van der Waals surface area contributed by atoms with Gasteiger partial charge < -0.3 is 14.5 Å². The highest BCUT2D eigenvalue weighted by molar-refractivity contribution is 5.94. The number of nitrogens with zero attached hydrogens (tertiary/aromatic N) is 2. The van der Waals surface area contributed by atoms with Gasteiger partial charge in [0.1, 0.15) is 0 Å². The number of ether oxygens (including phenoxy) is 1. The Kier molecular flexibility index (Phi) is 5.57. The fourth-order valence-corrected chi connectivity index (χ4v) is 3.97. The van der Waals surface area contributed by atoms with E-state index in [0.29, 0.717) is 12.1 Å². The van der Waals surface area contributed by atoms with Gasteiger partial charge in [0.2, 0.25) is 0 Å². The van der Waals surface area contributed by atoms with Crippen molar-refractivity contribution in [3.8, 4) is 0 Å². The predicted molar refractivity (Wildman–Crippen MR) is 96.4 cm³/mol. The lowest BCUT2D eigenvalue weighted by Gasteiger charge is -2.41. The van der Waals surface area contributed by atoms with Crippen molar-refractivity contribution < 1.29 is 9.53 Å². The summed E-state index contributed by atoms with van der Waals surface area (Å²) in [6.07, 6.45) is 4.90. The molecule has 1 aromatic carbocycles. The molecule has 0 aliphatic carbocycles. The Labute approximate surface area is 145 Å². The van der Waals surface area contributed by atoms with Crippen molar-refractivity contribution in [2.75, 3.05) is 33.3 Å². The highest BCUT2D eigenvalue weighted by Crippen LogP contribution is 2.23. The molecule has 0 spiro atoms. The van der Waals surface area contributed by atoms with Crippen molar-refractivity contribution in [1.29, 1.82) is 0 Å². The minimum atomic E-state index is 0.189. The molecule has 0 atom stereocenters. The highest BCUT2D eigenvalue weighted by Gasteiger charge is 2.29. The number of benzene rings is 1. The number of likely N-dealkylation sites (tertiary alicyclic amines) is 2. The Morgan fingerprint density at radius 2 is 1.67 bits per heavy atom. The number of hydrogen-bond donors (Lipinski definition) is 0. The summed E-state index contributed by atoms with van der Waals surface area (Å²) >= 11 is 0. The Bertz CT molecular complexity index is 571. The zero-order valence-electron chi connectivity index (χ0n) is 15.3. The van der Waals surface area contributed by atoms with Crippen LogP contribution in [0.2, 0.25) is 0 Å². The Morgan fingerprint density at radius 1 is 1.00 bits per heavy atom. The van der Waals surface area contributed by atoms with Crippen LogP contribution >= 0.6 is 0 Å². The smallest absolute Gasteiger partial charge is 0.253 e. The maximum Gasteiger partial charge on any atom is 0.253 e. The topological polar surface area (TPSA) is 32.8 Å². The number of methoxy groups -OCH3 is 1. The van der Waals surface area contributed by atoms with E-state index in [1.165, 1.54) is 11.1 Å². The van der Waals surface area contributed by atoms with Crippen molar-refractivity contribution in [2.24, 2.45) is 0 Å². The zero-order valence-corrected chi connectivity index (χ0v) is 15.3. The van der Waals surface area contributed by atoms with Crippen molar-refractivity contribution in [3.05, 3.63) is 34.9 Å². The lowest BCUT2D eigenvalue weighted by Crippen LogP contribution is -2.49. The predicted octanol–water partition coefficient (Wildman–Crippen LogP) is 3.02. The van der Waals surface area contributed by atoms with E-state index in [2.05, 4.69) is 24.8 Å². The molecule has 1 amide bonds. The monoisotopic (exact) mass is 330 g/mol. The molecule has 2 fully saturated rings. The van der Waals surface area contributed by atoms with Gasteiger partial charge in [0.15, 0.2) is 0 Å². The molecule has 2 saturated heterocycles. The second kappa shape index (κ2) is 7.66. The van der Waals surface area contributed by atoms with Gasteiger partial charge in [0.05, 0.1) is 6.10 Å². The molecule has 4 nitrogen and oxygen atoms in total. The number of amides is 1. The van der Waals surface area contributed by atoms with Crippen LogP contribution in [-0.2, 0) is 4.74 Å². The second-order valence-corrected chi connectivity index (χ2v) is 7.29. The minimum Gasteiger partial charge on any atom is -0.381 e. The largest absolute Gasteiger partial charge is 0.381 e. The fourth-order valence-electron chi connectivity index (χ4n) is 3.97. The normalized spacial score (nSPS) is 21.2. The summed E-state index contributed by atoms with van der Waals surface area (Å²) < 4.78 is 5.46. The van der Waals surface area contributed by atoms with Crippen molar-refractivity contribution >= 4 is 5.91 Å². The summed E-state index contributed by atoms with van der Waals surface area (Å²) in [5, 5.41) is 0. The quantitative estimate of drug-likeness (QED) is 0.854. The number of hydrogen-bond acceptors (Lipinski definition) is 3. The van der Waals surface area contributed by atoms with Gasteiger partial charge in [-0.15, -0.1) is 0 Å². The summed E-state index contributed by atoms with van der Waals surface area (Å²) in [6.45, 7) is 8.17. The van der Waals surface area contributed by atoms with Crippen LogP contribution in [0.25, 0.3) is 0 Å². The van der Waals surface area contributed by atoms with E-state index in [4.69, 9.17) is 4.74 Å². The van der Waals surface area contributed by atoms with Gasteiger partial charge in [-0.25, -0.2) is 0 Å². The van der Waals surface area contributed by atoms with Crippen molar-refractivity contribution in [2.45, 2.75) is 51.7 Å². The first-order valence-electron chi connectivity index (χ1n) is 9.22. The molecule has 132 valence electrons. The molecule has 3 rings (SSSR count). The molecule has 4 heteroatoms. The second-order valence-electron chi connectivity index (χ2n) is 7.29. The van der Waals surface area contributed by atoms with Crippen LogP contribution in [0.4, 0.5) is 0 Å². The molecule has 0 aromatic heterocycles. The van der Waals surface area contributed by atoms with Gasteiger partial charge in [0, 0.05) is 44.9 Å². The van der Waals surface area contributed by atoms with E-state index >= 15 is 0 Å². The number of aryl methyl sites for hydroxylation is 2. The third-order valence-electron chi connectivity index (χ3n) is 5.83. The maximum absolute atomic E-state index is 12.7. The van der Waals surface area contributed by atoms with E-state index < -0.39 is 0 Å². The Balaban J connectivity index is 1.53. The number of carbonyl (C=O) groups is 1. The zero-order chi connectivity index (χ0) is 17.1. The lowest BCUT2D eigenvalue weighted by molar-refractivity contribution is 0.0145. The van der Waals surface area contributed by atoms with E-state index in [1.807, 2.05) is 24.1 Å². The third kappa shape index (κ3) is 3.81. The molecule has 2 heterocycles. The molecule has 0 radical (unpaired) electrons. The average Bonchev–Trinajstić information content (AvgIpc) is 2.63. The summed E-state index contributed by atoms with van der Waals surface area (Å²) in [4.78, 5) is 17.4. The van der Waals surface area contributed by atoms with Gasteiger partial charge >= 0.3 is 0 Å². The molecule has 0 unspecified atom stereocenters. The molecule has 0 saturated carbocycles. The molecule has 0 N–H and O–H groups in total.